The predicted molar refractivity (Wildman–Crippen MR) is 62.5 cm³/mol. The molecule has 0 unspecified atom stereocenters. The molecule has 0 amide bonds. The zero-order valence-corrected chi connectivity index (χ0v) is 11.4. The van der Waals surface area contributed by atoms with E-state index in [1.165, 1.54) is 0 Å². The normalized spacial score (nSPS) is 21.9. The van der Waals surface area contributed by atoms with Gasteiger partial charge in [0.1, 0.15) is 0 Å². The Balaban J connectivity index is 2.25. The minimum Gasteiger partial charge on any atom is -0.293 e. The highest BCUT2D eigenvalue weighted by molar-refractivity contribution is 7.13. The van der Waals surface area contributed by atoms with Crippen molar-refractivity contribution in [1.82, 2.24) is 4.98 Å². The van der Waals surface area contributed by atoms with Crippen molar-refractivity contribution in [3.63, 3.8) is 0 Å². The van der Waals surface area contributed by atoms with Gasteiger partial charge in [0, 0.05) is 12.1 Å². The lowest BCUT2D eigenvalue weighted by Crippen LogP contribution is -2.05. The van der Waals surface area contributed by atoms with Crippen molar-refractivity contribution < 1.29 is 18.0 Å². The first kappa shape index (κ1) is 13.5. The zero-order chi connectivity index (χ0) is 13.9. The van der Waals surface area contributed by atoms with Gasteiger partial charge < -0.3 is 0 Å². The molecule has 0 saturated heterocycles. The first-order valence-corrected chi connectivity index (χ1v) is 6.38. The van der Waals surface area contributed by atoms with Crippen LogP contribution in [0, 0.1) is 16.7 Å². The molecule has 1 aliphatic carbocycles. The maximum Gasteiger partial charge on any atom is 0.443 e. The monoisotopic (exact) mass is 277 g/mol. The van der Waals surface area contributed by atoms with Crippen molar-refractivity contribution >= 4 is 17.1 Å². The van der Waals surface area contributed by atoms with Crippen LogP contribution in [0.15, 0.2) is 6.20 Å². The molecule has 0 bridgehead atoms. The van der Waals surface area contributed by atoms with Crippen molar-refractivity contribution in [2.45, 2.75) is 33.9 Å². The number of carbonyl (C=O) groups excluding carboxylic acids is 1. The second-order valence-corrected chi connectivity index (χ2v) is 6.80. The molecule has 1 heterocycles. The summed E-state index contributed by atoms with van der Waals surface area (Å²) < 4.78 is 37.3. The molecule has 0 spiro atoms. The number of ketones is 1. The molecule has 1 aromatic rings. The number of thiazole rings is 1. The SMILES string of the molecule is CC1(C)C(C(=O)c2cnc(C(F)(F)F)s2)C1(C)C. The smallest absolute Gasteiger partial charge is 0.293 e. The number of aromatic nitrogens is 1. The Kier molecular flexibility index (Phi) is 2.67. The Morgan fingerprint density at radius 1 is 1.28 bits per heavy atom. The molecule has 6 heteroatoms. The van der Waals surface area contributed by atoms with Gasteiger partial charge in [0.15, 0.2) is 10.8 Å². The summed E-state index contributed by atoms with van der Waals surface area (Å²) in [5.74, 6) is -0.454. The third kappa shape index (κ3) is 1.77. The molecule has 0 atom stereocenters. The quantitative estimate of drug-likeness (QED) is 0.764. The summed E-state index contributed by atoms with van der Waals surface area (Å²) in [6, 6.07) is 0. The molecule has 0 aliphatic heterocycles. The largest absolute Gasteiger partial charge is 0.443 e. The van der Waals surface area contributed by atoms with E-state index in [9.17, 15) is 18.0 Å². The van der Waals surface area contributed by atoms with Crippen LogP contribution in [-0.2, 0) is 6.18 Å². The van der Waals surface area contributed by atoms with E-state index in [1.807, 2.05) is 27.7 Å². The van der Waals surface area contributed by atoms with Gasteiger partial charge in [0.2, 0.25) is 0 Å². The van der Waals surface area contributed by atoms with Crippen molar-refractivity contribution in [2.24, 2.45) is 16.7 Å². The number of hydrogen-bond acceptors (Lipinski definition) is 3. The van der Waals surface area contributed by atoms with E-state index in [0.29, 0.717) is 11.3 Å². The second-order valence-electron chi connectivity index (χ2n) is 5.77. The van der Waals surface area contributed by atoms with Crippen molar-refractivity contribution in [3.8, 4) is 0 Å². The third-order valence-electron chi connectivity index (χ3n) is 4.27. The number of carbonyl (C=O) groups is 1. The molecule has 2 rings (SSSR count). The Morgan fingerprint density at radius 2 is 1.78 bits per heavy atom. The maximum atomic E-state index is 12.4. The van der Waals surface area contributed by atoms with Gasteiger partial charge in [-0.25, -0.2) is 4.98 Å². The van der Waals surface area contributed by atoms with Gasteiger partial charge in [-0.15, -0.1) is 11.3 Å². The Labute approximate surface area is 107 Å². The lowest BCUT2D eigenvalue weighted by molar-refractivity contribution is -0.137. The fourth-order valence-corrected chi connectivity index (χ4v) is 3.27. The summed E-state index contributed by atoms with van der Waals surface area (Å²) in [7, 11) is 0. The minimum absolute atomic E-state index is 0.103. The zero-order valence-electron chi connectivity index (χ0n) is 10.6. The molecular formula is C12H14F3NOS. The van der Waals surface area contributed by atoms with Crippen LogP contribution < -0.4 is 0 Å². The Bertz CT molecular complexity index is 488. The van der Waals surface area contributed by atoms with Crippen LogP contribution in [-0.4, -0.2) is 10.8 Å². The number of nitrogens with zero attached hydrogens (tertiary/aromatic N) is 1. The summed E-state index contributed by atoms with van der Waals surface area (Å²) >= 11 is 0.432. The highest BCUT2D eigenvalue weighted by Gasteiger charge is 2.68. The Hall–Kier alpha value is -0.910. The highest BCUT2D eigenvalue weighted by atomic mass is 32.1. The summed E-state index contributed by atoms with van der Waals surface area (Å²) in [6.07, 6.45) is -3.43. The van der Waals surface area contributed by atoms with E-state index >= 15 is 0 Å². The summed E-state index contributed by atoms with van der Waals surface area (Å²) in [4.78, 5) is 15.6. The van der Waals surface area contributed by atoms with Gasteiger partial charge in [0.05, 0.1) is 4.88 Å². The van der Waals surface area contributed by atoms with Crippen LogP contribution in [0.1, 0.15) is 42.4 Å². The van der Waals surface area contributed by atoms with E-state index in [0.717, 1.165) is 6.20 Å². The number of halogens is 3. The summed E-state index contributed by atoms with van der Waals surface area (Å²) in [5, 5.41) is -0.956. The van der Waals surface area contributed by atoms with Gasteiger partial charge in [-0.05, 0) is 10.8 Å². The van der Waals surface area contributed by atoms with E-state index in [1.54, 1.807) is 0 Å². The van der Waals surface area contributed by atoms with Crippen LogP contribution in [0.25, 0.3) is 0 Å². The molecule has 100 valence electrons. The molecule has 1 aromatic heterocycles. The average molecular weight is 277 g/mol. The summed E-state index contributed by atoms with van der Waals surface area (Å²) in [5.41, 5.74) is -0.348. The first-order valence-electron chi connectivity index (χ1n) is 5.57. The fraction of sp³-hybridized carbons (Fsp3) is 0.667. The molecular weight excluding hydrogens is 263 g/mol. The van der Waals surface area contributed by atoms with Gasteiger partial charge in [-0.3, -0.25) is 4.79 Å². The number of Topliss-reactive ketones (excluding diaryl/α,β-unsaturated/α-hetero) is 1. The van der Waals surface area contributed by atoms with Crippen molar-refractivity contribution in [1.29, 1.82) is 0 Å². The van der Waals surface area contributed by atoms with Gasteiger partial charge in [-0.1, -0.05) is 27.7 Å². The molecule has 2 nitrogen and oxygen atoms in total. The summed E-state index contributed by atoms with van der Waals surface area (Å²) in [6.45, 7) is 7.84. The van der Waals surface area contributed by atoms with Crippen LogP contribution in [0.2, 0.25) is 0 Å². The predicted octanol–water partition coefficient (Wildman–Crippen LogP) is 4.03. The van der Waals surface area contributed by atoms with Gasteiger partial charge >= 0.3 is 6.18 Å². The van der Waals surface area contributed by atoms with Gasteiger partial charge in [-0.2, -0.15) is 13.2 Å². The average Bonchev–Trinajstić information content (AvgIpc) is 2.57. The van der Waals surface area contributed by atoms with Crippen LogP contribution in [0.5, 0.6) is 0 Å². The molecule has 0 aromatic carbocycles. The van der Waals surface area contributed by atoms with E-state index in [-0.39, 0.29) is 27.4 Å². The fourth-order valence-electron chi connectivity index (χ4n) is 2.51. The van der Waals surface area contributed by atoms with Gasteiger partial charge in [0.25, 0.3) is 0 Å². The Morgan fingerprint density at radius 3 is 2.11 bits per heavy atom. The first-order chi connectivity index (χ1) is 7.99. The van der Waals surface area contributed by atoms with E-state index < -0.39 is 11.2 Å². The third-order valence-corrected chi connectivity index (χ3v) is 5.33. The van der Waals surface area contributed by atoms with E-state index in [2.05, 4.69) is 4.98 Å². The highest BCUT2D eigenvalue weighted by Crippen LogP contribution is 2.69. The number of rotatable bonds is 2. The molecule has 1 aliphatic rings. The lowest BCUT2D eigenvalue weighted by atomic mass is 10.0. The van der Waals surface area contributed by atoms with Crippen LogP contribution >= 0.6 is 11.3 Å². The molecule has 18 heavy (non-hydrogen) atoms. The van der Waals surface area contributed by atoms with Crippen molar-refractivity contribution in [3.05, 3.63) is 16.1 Å². The molecule has 1 fully saturated rings. The van der Waals surface area contributed by atoms with E-state index in [4.69, 9.17) is 0 Å². The molecule has 0 radical (unpaired) electrons. The molecule has 1 saturated carbocycles. The second kappa shape index (κ2) is 3.56. The standard InChI is InChI=1S/C12H14F3NOS/c1-10(2)8(11(10,3)4)7(17)6-5-16-9(18-6)12(13,14)15/h5,8H,1-4H3. The van der Waals surface area contributed by atoms with Crippen LogP contribution in [0.3, 0.4) is 0 Å². The van der Waals surface area contributed by atoms with Crippen LogP contribution in [0.4, 0.5) is 13.2 Å². The number of alkyl halides is 3. The van der Waals surface area contributed by atoms with Crippen molar-refractivity contribution in [2.75, 3.05) is 0 Å². The minimum atomic E-state index is -4.47. The number of hydrogen-bond donors (Lipinski definition) is 0. The lowest BCUT2D eigenvalue weighted by Gasteiger charge is -2.03. The maximum absolute atomic E-state index is 12.4. The topological polar surface area (TPSA) is 30.0 Å². The molecule has 0 N–H and O–H groups in total.